The van der Waals surface area contributed by atoms with E-state index in [2.05, 4.69) is 10.6 Å². The molecule has 0 radical (unpaired) electrons. The molecule has 1 unspecified atom stereocenters. The minimum absolute atomic E-state index is 0.109. The Bertz CT molecular complexity index is 243. The van der Waals surface area contributed by atoms with Crippen molar-refractivity contribution in [1.29, 1.82) is 0 Å². The number of hydrogen-bond donors (Lipinski definition) is 3. The fourth-order valence-corrected chi connectivity index (χ4v) is 1.11. The van der Waals surface area contributed by atoms with Crippen LogP contribution in [0.4, 0.5) is 0 Å². The van der Waals surface area contributed by atoms with Crippen LogP contribution in [0.15, 0.2) is 0 Å². The number of carboxylic acid groups (broad SMARTS) is 1. The Balaban J connectivity index is 3.93. The maximum absolute atomic E-state index is 11.4. The molecule has 5 heteroatoms. The summed E-state index contributed by atoms with van der Waals surface area (Å²) in [6, 6.07) is 0. The first-order valence-electron chi connectivity index (χ1n) is 5.67. The monoisotopic (exact) mass is 230 g/mol. The van der Waals surface area contributed by atoms with Crippen molar-refractivity contribution >= 4 is 11.9 Å². The second-order valence-corrected chi connectivity index (χ2v) is 4.10. The SMILES string of the molecule is CCNCCC(=O)NCC(C)(CC)C(=O)O. The van der Waals surface area contributed by atoms with Crippen molar-refractivity contribution in [2.75, 3.05) is 19.6 Å². The maximum atomic E-state index is 11.4. The van der Waals surface area contributed by atoms with Gasteiger partial charge >= 0.3 is 5.97 Å². The lowest BCUT2D eigenvalue weighted by Gasteiger charge is -2.23. The van der Waals surface area contributed by atoms with Gasteiger partial charge in [-0.2, -0.15) is 0 Å². The minimum Gasteiger partial charge on any atom is -0.481 e. The first kappa shape index (κ1) is 14.9. The quantitative estimate of drug-likeness (QED) is 0.534. The van der Waals surface area contributed by atoms with Crippen LogP contribution in [0.1, 0.15) is 33.6 Å². The van der Waals surface area contributed by atoms with Gasteiger partial charge in [-0.25, -0.2) is 0 Å². The zero-order chi connectivity index (χ0) is 12.6. The van der Waals surface area contributed by atoms with Gasteiger partial charge in [-0.15, -0.1) is 0 Å². The van der Waals surface area contributed by atoms with E-state index in [1.54, 1.807) is 13.8 Å². The van der Waals surface area contributed by atoms with Gasteiger partial charge in [0.05, 0.1) is 5.41 Å². The highest BCUT2D eigenvalue weighted by molar-refractivity contribution is 5.78. The molecule has 0 fully saturated rings. The van der Waals surface area contributed by atoms with Crippen LogP contribution < -0.4 is 10.6 Å². The van der Waals surface area contributed by atoms with Crippen LogP contribution in [0.5, 0.6) is 0 Å². The molecule has 0 bridgehead atoms. The Kier molecular flexibility index (Phi) is 6.72. The number of hydrogen-bond acceptors (Lipinski definition) is 3. The fourth-order valence-electron chi connectivity index (χ4n) is 1.11. The standard InChI is InChI=1S/C11H22N2O3/c1-4-11(3,10(15)16)8-13-9(14)6-7-12-5-2/h12H,4-8H2,1-3H3,(H,13,14)(H,15,16). The van der Waals surface area contributed by atoms with Crippen LogP contribution in [0.2, 0.25) is 0 Å². The van der Waals surface area contributed by atoms with Crippen molar-refractivity contribution in [3.8, 4) is 0 Å². The van der Waals surface area contributed by atoms with Crippen LogP contribution in [0.25, 0.3) is 0 Å². The topological polar surface area (TPSA) is 78.4 Å². The molecule has 0 aliphatic heterocycles. The summed E-state index contributed by atoms with van der Waals surface area (Å²) in [5.41, 5.74) is -0.867. The molecule has 5 nitrogen and oxygen atoms in total. The summed E-state index contributed by atoms with van der Waals surface area (Å²) in [4.78, 5) is 22.3. The number of carbonyl (C=O) groups excluding carboxylic acids is 1. The molecule has 0 heterocycles. The highest BCUT2D eigenvalue weighted by atomic mass is 16.4. The third-order valence-corrected chi connectivity index (χ3v) is 2.75. The van der Waals surface area contributed by atoms with E-state index in [4.69, 9.17) is 5.11 Å². The third-order valence-electron chi connectivity index (χ3n) is 2.75. The van der Waals surface area contributed by atoms with E-state index < -0.39 is 11.4 Å². The predicted octanol–water partition coefficient (Wildman–Crippen LogP) is 0.603. The van der Waals surface area contributed by atoms with E-state index in [0.29, 0.717) is 19.4 Å². The molecule has 0 aliphatic rings. The van der Waals surface area contributed by atoms with Crippen molar-refractivity contribution < 1.29 is 14.7 Å². The normalized spacial score (nSPS) is 14.2. The van der Waals surface area contributed by atoms with Crippen LogP contribution in [0, 0.1) is 5.41 Å². The van der Waals surface area contributed by atoms with Gasteiger partial charge in [-0.3, -0.25) is 9.59 Å². The number of aliphatic carboxylic acids is 1. The molecule has 0 aromatic heterocycles. The summed E-state index contributed by atoms with van der Waals surface area (Å²) in [5, 5.41) is 14.7. The van der Waals surface area contributed by atoms with Gasteiger partial charge in [0.25, 0.3) is 0 Å². The average Bonchev–Trinajstić information content (AvgIpc) is 2.26. The average molecular weight is 230 g/mol. The second-order valence-electron chi connectivity index (χ2n) is 4.10. The number of nitrogens with one attached hydrogen (secondary N) is 2. The van der Waals surface area contributed by atoms with E-state index in [-0.39, 0.29) is 12.5 Å². The largest absolute Gasteiger partial charge is 0.481 e. The predicted molar refractivity (Wildman–Crippen MR) is 62.2 cm³/mol. The molecular weight excluding hydrogens is 208 g/mol. The minimum atomic E-state index is -0.873. The van der Waals surface area contributed by atoms with E-state index in [0.717, 1.165) is 6.54 Å². The highest BCUT2D eigenvalue weighted by Gasteiger charge is 2.31. The molecule has 3 N–H and O–H groups in total. The summed E-state index contributed by atoms with van der Waals surface area (Å²) < 4.78 is 0. The van der Waals surface area contributed by atoms with Gasteiger partial charge in [0.2, 0.25) is 5.91 Å². The number of rotatable bonds is 8. The van der Waals surface area contributed by atoms with E-state index in [1.165, 1.54) is 0 Å². The molecule has 0 saturated heterocycles. The highest BCUT2D eigenvalue weighted by Crippen LogP contribution is 2.19. The molecule has 0 spiro atoms. The lowest BCUT2D eigenvalue weighted by molar-refractivity contribution is -0.148. The first-order chi connectivity index (χ1) is 7.46. The summed E-state index contributed by atoms with van der Waals surface area (Å²) >= 11 is 0. The Morgan fingerprint density at radius 3 is 2.38 bits per heavy atom. The molecule has 0 aromatic carbocycles. The third kappa shape index (κ3) is 5.11. The van der Waals surface area contributed by atoms with Crippen molar-refractivity contribution in [3.05, 3.63) is 0 Å². The van der Waals surface area contributed by atoms with Crippen molar-refractivity contribution in [3.63, 3.8) is 0 Å². The lowest BCUT2D eigenvalue weighted by atomic mass is 9.88. The van der Waals surface area contributed by atoms with E-state index in [9.17, 15) is 9.59 Å². The molecule has 1 atom stereocenters. The van der Waals surface area contributed by atoms with Crippen LogP contribution in [0.3, 0.4) is 0 Å². The van der Waals surface area contributed by atoms with Gasteiger partial charge in [-0.1, -0.05) is 13.8 Å². The number of carbonyl (C=O) groups is 2. The Morgan fingerprint density at radius 1 is 1.31 bits per heavy atom. The van der Waals surface area contributed by atoms with Crippen molar-refractivity contribution in [1.82, 2.24) is 10.6 Å². The lowest BCUT2D eigenvalue weighted by Crippen LogP contribution is -2.41. The molecular formula is C11H22N2O3. The Hall–Kier alpha value is -1.10. The zero-order valence-electron chi connectivity index (χ0n) is 10.3. The zero-order valence-corrected chi connectivity index (χ0v) is 10.3. The number of amides is 1. The summed E-state index contributed by atoms with van der Waals surface area (Å²) in [5.74, 6) is -0.983. The smallest absolute Gasteiger partial charge is 0.311 e. The molecule has 0 saturated carbocycles. The first-order valence-corrected chi connectivity index (χ1v) is 5.67. The second kappa shape index (κ2) is 7.22. The van der Waals surface area contributed by atoms with Crippen LogP contribution in [-0.2, 0) is 9.59 Å². The number of carboxylic acids is 1. The van der Waals surface area contributed by atoms with Gasteiger partial charge in [-0.05, 0) is 19.9 Å². The van der Waals surface area contributed by atoms with Gasteiger partial charge in [0.15, 0.2) is 0 Å². The maximum Gasteiger partial charge on any atom is 0.311 e. The van der Waals surface area contributed by atoms with E-state index in [1.807, 2.05) is 6.92 Å². The Labute approximate surface area is 96.6 Å². The summed E-state index contributed by atoms with van der Waals surface area (Å²) in [6.45, 7) is 7.05. The molecule has 0 aliphatic carbocycles. The van der Waals surface area contributed by atoms with Crippen LogP contribution in [-0.4, -0.2) is 36.6 Å². The molecule has 1 amide bonds. The molecule has 16 heavy (non-hydrogen) atoms. The summed E-state index contributed by atoms with van der Waals surface area (Å²) in [6.07, 6.45) is 0.878. The van der Waals surface area contributed by atoms with Gasteiger partial charge < -0.3 is 15.7 Å². The van der Waals surface area contributed by atoms with Crippen molar-refractivity contribution in [2.24, 2.45) is 5.41 Å². The summed E-state index contributed by atoms with van der Waals surface area (Å²) in [7, 11) is 0. The molecule has 0 rings (SSSR count). The van der Waals surface area contributed by atoms with E-state index >= 15 is 0 Å². The molecule has 0 aromatic rings. The van der Waals surface area contributed by atoms with Crippen molar-refractivity contribution in [2.45, 2.75) is 33.6 Å². The fraction of sp³-hybridized carbons (Fsp3) is 0.818. The van der Waals surface area contributed by atoms with Crippen LogP contribution >= 0.6 is 0 Å². The molecule has 94 valence electrons. The van der Waals surface area contributed by atoms with Gasteiger partial charge in [0, 0.05) is 19.5 Å². The Morgan fingerprint density at radius 2 is 1.94 bits per heavy atom. The van der Waals surface area contributed by atoms with Gasteiger partial charge in [0.1, 0.15) is 0 Å².